The van der Waals surface area contributed by atoms with Crippen molar-refractivity contribution in [3.63, 3.8) is 0 Å². The molecule has 28 nitrogen and oxygen atoms in total. The number of hydrogen-bond acceptors (Lipinski definition) is 31. The Morgan fingerprint density at radius 3 is 1.91 bits per heavy atom. The van der Waals surface area contributed by atoms with E-state index in [4.69, 9.17) is 50.4 Å². The van der Waals surface area contributed by atoms with Crippen LogP contribution in [0, 0.1) is 29.6 Å². The number of halogens is 3. The number of aromatic hydroxyl groups is 4. The number of hydrogen-bond donors (Lipinski definition) is 6. The summed E-state index contributed by atoms with van der Waals surface area (Å²) in [7, 11) is 1.48. The third-order valence-electron chi connectivity index (χ3n) is 10.8. The van der Waals surface area contributed by atoms with Crippen molar-refractivity contribution in [2.24, 2.45) is 40.9 Å². The predicted molar refractivity (Wildman–Crippen MR) is 331 cm³/mol. The second-order valence-corrected chi connectivity index (χ2v) is 21.6. The first-order valence-corrected chi connectivity index (χ1v) is 29.4. The summed E-state index contributed by atoms with van der Waals surface area (Å²) in [4.78, 5) is 40.3. The molecule has 0 unspecified atom stereocenters. The Morgan fingerprint density at radius 2 is 1.21 bits per heavy atom. The molecule has 0 bridgehead atoms. The fourth-order valence-corrected chi connectivity index (χ4v) is 9.99. The predicted octanol–water partition coefficient (Wildman–Crippen LogP) is 15.9. The third kappa shape index (κ3) is 15.6. The average Bonchev–Trinajstić information content (AvgIpc) is 3.07. The number of rotatable bonds is 10. The van der Waals surface area contributed by atoms with Gasteiger partial charge in [-0.2, -0.15) is 28.0 Å². The van der Waals surface area contributed by atoms with Gasteiger partial charge < -0.3 is 31.1 Å². The minimum atomic E-state index is -0.446. The number of aromatic nitrogens is 11. The number of phenols is 3. The highest BCUT2D eigenvalue weighted by atomic mass is 35.5. The molecule has 3 aromatic carbocycles. The Kier molecular flexibility index (Phi) is 20.2. The number of benzene rings is 3. The molecule has 0 saturated heterocycles. The topological polar surface area (TPSA) is 410 Å². The van der Waals surface area contributed by atoms with E-state index in [9.17, 15) is 20.1 Å². The zero-order valence-corrected chi connectivity index (χ0v) is 50.4. The minimum absolute atomic E-state index is 0.0119. The molecule has 87 heavy (non-hydrogen) atoms. The zero-order chi connectivity index (χ0) is 61.6. The van der Waals surface area contributed by atoms with Crippen LogP contribution in [0.15, 0.2) is 150 Å². The molecule has 2 amide bonds. The highest BCUT2D eigenvalue weighted by Gasteiger charge is 2.14. The molecule has 0 aliphatic carbocycles. The Balaban J connectivity index is 0.000000138. The molecule has 12 aromatic rings. The zero-order valence-electron chi connectivity index (χ0n) is 44.1. The van der Waals surface area contributed by atoms with Crippen LogP contribution in [0.3, 0.4) is 0 Å². The van der Waals surface area contributed by atoms with Gasteiger partial charge in [-0.1, -0.05) is 46.6 Å². The van der Waals surface area contributed by atoms with E-state index >= 15 is 0 Å². The van der Waals surface area contributed by atoms with Gasteiger partial charge in [0.15, 0.2) is 53.6 Å². The number of fused-ring (bicyclic) bond motifs is 4. The van der Waals surface area contributed by atoms with Crippen LogP contribution in [-0.2, 0) is 0 Å². The number of carbonyl (C=O) groups is 1. The van der Waals surface area contributed by atoms with E-state index in [0.717, 1.165) is 34.6 Å². The van der Waals surface area contributed by atoms with Gasteiger partial charge in [-0.3, -0.25) is 0 Å². The number of thioether (sulfide) groups is 1. The van der Waals surface area contributed by atoms with Crippen LogP contribution in [0.2, 0.25) is 15.1 Å². The molecule has 36 heteroatoms. The van der Waals surface area contributed by atoms with Crippen molar-refractivity contribution in [3.8, 4) is 35.1 Å². The van der Waals surface area contributed by atoms with Gasteiger partial charge in [0, 0.05) is 37.9 Å². The number of nitrogens with zero attached hydrogens (tertiary/aromatic N) is 21. The summed E-state index contributed by atoms with van der Waals surface area (Å²) < 4.78 is 16.7. The molecule has 0 saturated carbocycles. The van der Waals surface area contributed by atoms with E-state index in [0.29, 0.717) is 109 Å². The highest BCUT2D eigenvalue weighted by Crippen LogP contribution is 2.39. The van der Waals surface area contributed by atoms with Crippen LogP contribution in [0.4, 0.5) is 53.4 Å². The largest absolute Gasteiger partial charge is 0.506 e. The summed E-state index contributed by atoms with van der Waals surface area (Å²) in [6.45, 7) is 1.76. The van der Waals surface area contributed by atoms with Gasteiger partial charge in [0.1, 0.15) is 46.3 Å². The maximum atomic E-state index is 11.3. The van der Waals surface area contributed by atoms with Crippen molar-refractivity contribution in [1.29, 1.82) is 10.5 Å². The molecule has 9 aromatic heterocycles. The molecule has 0 fully saturated rings. The lowest BCUT2D eigenvalue weighted by molar-refractivity contribution is 0.254. The van der Waals surface area contributed by atoms with Crippen molar-refractivity contribution in [1.82, 2.24) is 57.7 Å². The van der Waals surface area contributed by atoms with E-state index < -0.39 is 6.03 Å². The number of azo groups is 4. The Hall–Kier alpha value is -10.1. The Morgan fingerprint density at radius 1 is 0.575 bits per heavy atom. The lowest BCUT2D eigenvalue weighted by Gasteiger charge is -2.06. The summed E-state index contributed by atoms with van der Waals surface area (Å²) in [5, 5.41) is 98.6. The summed E-state index contributed by atoms with van der Waals surface area (Å²) in [5.41, 5.74) is 5.84. The quantitative estimate of drug-likeness (QED) is 0.0320. The van der Waals surface area contributed by atoms with Crippen LogP contribution in [0.5, 0.6) is 23.0 Å². The van der Waals surface area contributed by atoms with Crippen molar-refractivity contribution >= 4 is 192 Å². The molecule has 0 spiro atoms. The standard InChI is InChI=1S/C14H8ClN5OS.C13H11N7O2S.C12H7Cl2N5OS2.C12H6N6OS/c1-7-8(6-16)4-10-13(17-7)20-22-14(10)19-18-9-2-3-12(21)11(15)5-9;1-14-13(22)17-8-6-7(2-3-9(8)21)18-19-12-10-11(20-23-12)16-5-4-15-10;1-21-12-15-4-5-10(16-12)19-22-11(5)18-17-8-2-7(14)9(20)3-6(8)13;13-4-7-3-9-11(15-5-7)18-20-12(9)17-16-10-2-1-8(19)6-14-10/h2-5,21H,1H3;2-6,21H,1H3,(H2,14,17,22);2-4,20H,1H3;1-3,5-6,19H. The number of phenolic OH excluding ortho intramolecular Hbond substituents is 3. The highest BCUT2D eigenvalue weighted by molar-refractivity contribution is 7.98. The molecular formula is C51H32Cl3N23O5S5. The smallest absolute Gasteiger partial charge is 0.319 e. The fraction of sp³-hybridized carbons (Fsp3) is 0.0588. The maximum absolute atomic E-state index is 11.3. The molecule has 0 radical (unpaired) electrons. The van der Waals surface area contributed by atoms with Gasteiger partial charge in [0.25, 0.3) is 0 Å². The number of pyridine rings is 3. The van der Waals surface area contributed by atoms with E-state index in [1.54, 1.807) is 55.8 Å². The van der Waals surface area contributed by atoms with Crippen LogP contribution < -0.4 is 10.6 Å². The minimum Gasteiger partial charge on any atom is -0.506 e. The SMILES string of the molecule is CNC(=O)Nc1cc(N=Nc2snc3nccnc23)ccc1O.CSc1ncc2c(N=Nc3cc(Cl)c(O)cc3Cl)snc2n1.Cc1nc2nsc(N=Nc3ccc(O)c(Cl)c3)c2cc1C#N.N#Cc1cnc2nsc(N=Nc3ccc(O)cn3)c2c1. The van der Waals surface area contributed by atoms with Crippen molar-refractivity contribution in [3.05, 3.63) is 136 Å². The van der Waals surface area contributed by atoms with Gasteiger partial charge in [-0.15, -0.1) is 40.9 Å². The molecule has 9 heterocycles. The third-order valence-corrected chi connectivity index (χ3v) is 15.2. The number of nitrogens with one attached hydrogen (secondary N) is 2. The van der Waals surface area contributed by atoms with E-state index in [1.807, 2.05) is 12.3 Å². The van der Waals surface area contributed by atoms with E-state index in [2.05, 4.69) is 110 Å². The molecule has 0 aliphatic rings. The first-order valence-electron chi connectivity index (χ1n) is 24.0. The lowest BCUT2D eigenvalue weighted by Crippen LogP contribution is -2.24. The maximum Gasteiger partial charge on any atom is 0.319 e. The monoisotopic (exact) mass is 1310 g/mol. The number of nitriles is 2. The van der Waals surface area contributed by atoms with Crippen LogP contribution in [0.25, 0.3) is 44.3 Å². The first-order chi connectivity index (χ1) is 42.1. The van der Waals surface area contributed by atoms with Crippen molar-refractivity contribution < 1.29 is 25.2 Å². The van der Waals surface area contributed by atoms with Crippen molar-refractivity contribution in [2.45, 2.75) is 12.1 Å². The number of urea groups is 1. The Labute approximate surface area is 523 Å². The summed E-state index contributed by atoms with van der Waals surface area (Å²) in [6, 6.07) is 21.9. The summed E-state index contributed by atoms with van der Waals surface area (Å²) >= 11 is 23.7. The summed E-state index contributed by atoms with van der Waals surface area (Å²) in [5.74, 6) is 0.250. The van der Waals surface area contributed by atoms with Crippen molar-refractivity contribution in [2.75, 3.05) is 18.6 Å². The second-order valence-electron chi connectivity index (χ2n) is 16.6. The van der Waals surface area contributed by atoms with Gasteiger partial charge in [-0.05, 0) is 126 Å². The molecule has 12 rings (SSSR count). The van der Waals surface area contributed by atoms with Gasteiger partial charge in [0.2, 0.25) is 0 Å². The van der Waals surface area contributed by atoms with E-state index in [1.165, 1.54) is 85.2 Å². The number of carbonyl (C=O) groups excluding carboxylic acids is 1. The number of amides is 2. The molecule has 0 aliphatic heterocycles. The lowest BCUT2D eigenvalue weighted by atomic mass is 10.2. The number of anilines is 1. The first kappa shape index (κ1) is 61.5. The van der Waals surface area contributed by atoms with Gasteiger partial charge in [-0.25, -0.2) is 39.7 Å². The molecule has 0 atom stereocenters. The molecular weight excluding hydrogens is 1280 g/mol. The molecule has 6 N–H and O–H groups in total. The van der Waals surface area contributed by atoms with Crippen LogP contribution in [-0.4, -0.2) is 92.1 Å². The second kappa shape index (κ2) is 28.7. The van der Waals surface area contributed by atoms with Gasteiger partial charge >= 0.3 is 6.03 Å². The molecule has 432 valence electrons. The van der Waals surface area contributed by atoms with Gasteiger partial charge in [0.05, 0.1) is 71.3 Å². The fourth-order valence-electron chi connectivity index (χ4n) is 6.60. The number of aryl methyl sites for hydroxylation is 1. The van der Waals surface area contributed by atoms with Crippen LogP contribution in [0.1, 0.15) is 16.8 Å². The Bertz CT molecular complexity index is 4740. The van der Waals surface area contributed by atoms with Crippen LogP contribution >= 0.6 is 92.7 Å². The normalized spacial score (nSPS) is 11.2. The summed E-state index contributed by atoms with van der Waals surface area (Å²) in [6.07, 6.45) is 9.42. The average molecular weight is 1310 g/mol. The van der Waals surface area contributed by atoms with E-state index in [-0.39, 0.29) is 43.8 Å².